The predicted octanol–water partition coefficient (Wildman–Crippen LogP) is 6.00. The molecule has 11 nitrogen and oxygen atoms in total. The minimum atomic E-state index is -6.05. The molecule has 65 heavy (non-hydrogen) atoms. The van der Waals surface area contributed by atoms with Crippen molar-refractivity contribution in [1.29, 1.82) is 0 Å². The first kappa shape index (κ1) is 48.8. The van der Waals surface area contributed by atoms with Crippen molar-refractivity contribution in [2.75, 3.05) is 81.5 Å². The van der Waals surface area contributed by atoms with Crippen LogP contribution in [-0.4, -0.2) is 106 Å². The topological polar surface area (TPSA) is 131 Å². The number of piperazine rings is 1. The number of carbonyl (C=O) groups is 1. The molecule has 0 saturated carbocycles. The molecule has 0 bridgehead atoms. The average Bonchev–Trinajstić information content (AvgIpc) is 3.28. The standard InChI is InChI=1S/C47H55ClF3N5O6S3/c1-46(2)20-18-42(34-8-12-37(48)13-9-34)36(31-46)32-55-22-24-56(25-23-55)39-14-10-35(11-15-39)45(57)53-65(60,61)41-16-17-43(44(30-41)64(58,59)47(49,50)51)52-38(19-21-54-26-28-62-29-27-54)33-63-40-6-4-3-5-7-40/h3-17,30,38,52H,18-29,31-33H2,1-2H3,(H,53,57)/p+2/t38-/m1/s1. The number of benzene rings is 4. The largest absolute Gasteiger partial charge is 0.501 e. The lowest BCUT2D eigenvalue weighted by Gasteiger charge is -2.37. The molecule has 350 valence electrons. The number of nitrogens with zero attached hydrogens (tertiary/aromatic N) is 1. The van der Waals surface area contributed by atoms with Crippen molar-refractivity contribution in [3.8, 4) is 0 Å². The second-order valence-electron chi connectivity index (χ2n) is 17.8. The van der Waals surface area contributed by atoms with Crippen LogP contribution in [-0.2, 0) is 24.6 Å². The van der Waals surface area contributed by atoms with Crippen LogP contribution < -0.4 is 24.7 Å². The Labute approximate surface area is 389 Å². The van der Waals surface area contributed by atoms with Gasteiger partial charge in [0, 0.05) is 39.4 Å². The number of carbonyl (C=O) groups excluding carboxylic acids is 1. The molecular formula is C47H57ClF3N5O6S3+2. The van der Waals surface area contributed by atoms with Crippen LogP contribution in [0, 0.1) is 5.41 Å². The van der Waals surface area contributed by atoms with E-state index >= 15 is 0 Å². The zero-order chi connectivity index (χ0) is 46.4. The molecule has 4 aromatic rings. The molecule has 0 radical (unpaired) electrons. The maximum atomic E-state index is 14.2. The lowest BCUT2D eigenvalue weighted by molar-refractivity contribution is -0.908. The Hall–Kier alpha value is -4.10. The van der Waals surface area contributed by atoms with Gasteiger partial charge in [0.15, 0.2) is 0 Å². The highest BCUT2D eigenvalue weighted by atomic mass is 35.5. The van der Waals surface area contributed by atoms with Gasteiger partial charge in [0.2, 0.25) is 0 Å². The van der Waals surface area contributed by atoms with Gasteiger partial charge < -0.3 is 24.8 Å². The monoisotopic (exact) mass is 975 g/mol. The van der Waals surface area contributed by atoms with Gasteiger partial charge >= 0.3 is 5.51 Å². The number of quaternary nitrogens is 2. The van der Waals surface area contributed by atoms with E-state index in [1.165, 1.54) is 50.4 Å². The van der Waals surface area contributed by atoms with Crippen molar-refractivity contribution in [1.82, 2.24) is 4.72 Å². The van der Waals surface area contributed by atoms with Crippen LogP contribution in [0.2, 0.25) is 5.02 Å². The third-order valence-electron chi connectivity index (χ3n) is 12.5. The molecular weight excluding hydrogens is 919 g/mol. The number of halogens is 4. The number of anilines is 2. The van der Waals surface area contributed by atoms with Gasteiger partial charge in [-0.2, -0.15) is 13.2 Å². The highest BCUT2D eigenvalue weighted by Crippen LogP contribution is 2.42. The van der Waals surface area contributed by atoms with Crippen LogP contribution in [0.3, 0.4) is 0 Å². The van der Waals surface area contributed by atoms with E-state index in [2.05, 4.69) is 36.2 Å². The van der Waals surface area contributed by atoms with Crippen molar-refractivity contribution >= 4 is 66.1 Å². The number of sulfone groups is 1. The molecule has 0 spiro atoms. The van der Waals surface area contributed by atoms with E-state index in [0.717, 1.165) is 92.8 Å². The summed E-state index contributed by atoms with van der Waals surface area (Å²) in [5.41, 5.74) is -0.890. The lowest BCUT2D eigenvalue weighted by atomic mass is 9.73. The van der Waals surface area contributed by atoms with Gasteiger partial charge in [0.25, 0.3) is 25.8 Å². The number of hydrogen-bond donors (Lipinski definition) is 4. The predicted molar refractivity (Wildman–Crippen MR) is 250 cm³/mol. The van der Waals surface area contributed by atoms with Crippen LogP contribution in [0.25, 0.3) is 5.57 Å². The van der Waals surface area contributed by atoms with Gasteiger partial charge in [-0.05, 0) is 108 Å². The summed E-state index contributed by atoms with van der Waals surface area (Å²) in [7, 11) is -10.9. The molecule has 1 aliphatic carbocycles. The number of ether oxygens (including phenoxy) is 1. The number of nitrogens with one attached hydrogen (secondary N) is 4. The summed E-state index contributed by atoms with van der Waals surface area (Å²) < 4.78 is 103. The molecule has 2 fully saturated rings. The molecule has 7 rings (SSSR count). The van der Waals surface area contributed by atoms with Gasteiger partial charge in [-0.15, -0.1) is 11.8 Å². The average molecular weight is 977 g/mol. The number of thioether (sulfide) groups is 1. The third kappa shape index (κ3) is 12.7. The highest BCUT2D eigenvalue weighted by Gasteiger charge is 2.48. The van der Waals surface area contributed by atoms with Crippen molar-refractivity contribution in [3.05, 3.63) is 119 Å². The summed E-state index contributed by atoms with van der Waals surface area (Å²) in [6.45, 7) is 12.3. The van der Waals surface area contributed by atoms with Crippen LogP contribution in [0.5, 0.6) is 0 Å². The molecule has 18 heteroatoms. The number of alkyl halides is 3. The number of morpholine rings is 1. The quantitative estimate of drug-likeness (QED) is 0.100. The fourth-order valence-corrected chi connectivity index (χ4v) is 11.9. The molecule has 0 unspecified atom stereocenters. The van der Waals surface area contributed by atoms with E-state index in [1.807, 2.05) is 47.2 Å². The van der Waals surface area contributed by atoms with Crippen LogP contribution in [0.1, 0.15) is 55.5 Å². The molecule has 1 atom stereocenters. The van der Waals surface area contributed by atoms with Gasteiger partial charge in [-0.25, -0.2) is 21.6 Å². The summed E-state index contributed by atoms with van der Waals surface area (Å²) in [6, 6.07) is 25.9. The van der Waals surface area contributed by atoms with Crippen molar-refractivity contribution in [2.24, 2.45) is 5.41 Å². The Morgan fingerprint density at radius 1 is 0.892 bits per heavy atom. The molecule has 3 aliphatic rings. The van der Waals surface area contributed by atoms with Crippen LogP contribution in [0.4, 0.5) is 24.5 Å². The molecule has 4 N–H and O–H groups in total. The van der Waals surface area contributed by atoms with E-state index in [1.54, 1.807) is 12.1 Å². The van der Waals surface area contributed by atoms with E-state index in [9.17, 15) is 34.8 Å². The Morgan fingerprint density at radius 2 is 1.57 bits per heavy atom. The summed E-state index contributed by atoms with van der Waals surface area (Å²) in [5.74, 6) is -0.633. The fourth-order valence-electron chi connectivity index (χ4n) is 8.76. The Bertz CT molecular complexity index is 2530. The Balaban J connectivity index is 1.02. The van der Waals surface area contributed by atoms with Crippen molar-refractivity contribution in [3.63, 3.8) is 0 Å². The third-order valence-corrected chi connectivity index (χ3v) is 16.8. The second kappa shape index (κ2) is 20.8. The normalized spacial score (nSPS) is 18.3. The Morgan fingerprint density at radius 3 is 2.23 bits per heavy atom. The van der Waals surface area contributed by atoms with Gasteiger partial charge in [-0.3, -0.25) is 4.79 Å². The SMILES string of the molecule is CC1(C)CCC(c2ccc(Cl)cc2)=C(C[NH+]2CCN(c3ccc(C(=O)NS(=O)(=O)c4ccc(N[C@H](CC[NH+]5CCOCC5)CSc5ccccc5)c(S(=O)(=O)C(F)(F)F)c4)cc3)CC2)C1. The van der Waals surface area contributed by atoms with E-state index in [-0.39, 0.29) is 16.7 Å². The minimum absolute atomic E-state index is 0.00532. The van der Waals surface area contributed by atoms with Gasteiger partial charge in [0.1, 0.15) is 18.0 Å². The second-order valence-corrected chi connectivity index (χ2v) is 22.9. The first-order valence-electron chi connectivity index (χ1n) is 21.9. The minimum Gasteiger partial charge on any atom is -0.380 e. The van der Waals surface area contributed by atoms with Gasteiger partial charge in [0.05, 0.1) is 63.1 Å². The summed E-state index contributed by atoms with van der Waals surface area (Å²) in [5, 5.41) is 3.73. The smallest absolute Gasteiger partial charge is 0.380 e. The zero-order valence-electron chi connectivity index (χ0n) is 36.6. The maximum absolute atomic E-state index is 14.2. The fraction of sp³-hybridized carbons (Fsp3) is 0.426. The molecule has 2 saturated heterocycles. The van der Waals surface area contributed by atoms with E-state index in [4.69, 9.17) is 16.3 Å². The summed E-state index contributed by atoms with van der Waals surface area (Å²) in [6.07, 6.45) is 3.68. The number of amides is 1. The molecule has 2 aliphatic heterocycles. The lowest BCUT2D eigenvalue weighted by Crippen LogP contribution is -3.15. The van der Waals surface area contributed by atoms with Crippen LogP contribution >= 0.6 is 23.4 Å². The van der Waals surface area contributed by atoms with Crippen molar-refractivity contribution < 1.29 is 49.3 Å². The van der Waals surface area contributed by atoms with E-state index in [0.29, 0.717) is 38.0 Å². The van der Waals surface area contributed by atoms with E-state index < -0.39 is 47.1 Å². The molecule has 4 aromatic carbocycles. The number of rotatable bonds is 16. The van der Waals surface area contributed by atoms with Gasteiger partial charge in [-0.1, -0.05) is 55.8 Å². The van der Waals surface area contributed by atoms with Crippen LogP contribution in [0.15, 0.2) is 117 Å². The number of allylic oxidation sites excluding steroid dienone is 1. The molecule has 1 amide bonds. The molecule has 0 aromatic heterocycles. The Kier molecular flexibility index (Phi) is 15.6. The highest BCUT2D eigenvalue weighted by molar-refractivity contribution is 7.99. The van der Waals surface area contributed by atoms with Crippen molar-refractivity contribution in [2.45, 2.75) is 65.8 Å². The zero-order valence-corrected chi connectivity index (χ0v) is 39.8. The number of hydrogen-bond acceptors (Lipinski definition) is 9. The summed E-state index contributed by atoms with van der Waals surface area (Å²) in [4.78, 5) is 17.2. The molecule has 2 heterocycles. The maximum Gasteiger partial charge on any atom is 0.501 e. The first-order chi connectivity index (χ1) is 30.9. The summed E-state index contributed by atoms with van der Waals surface area (Å²) >= 11 is 7.65. The number of sulfonamides is 1. The first-order valence-corrected chi connectivity index (χ1v) is 26.2.